The van der Waals surface area contributed by atoms with E-state index in [4.69, 9.17) is 17.3 Å². The number of benzene rings is 1. The molecule has 78 valence electrons. The summed E-state index contributed by atoms with van der Waals surface area (Å²) in [4.78, 5) is 0. The fourth-order valence-corrected chi connectivity index (χ4v) is 1.31. The number of hydrogen-bond acceptors (Lipinski definition) is 3. The first kappa shape index (κ1) is 9.79. The molecule has 0 radical (unpaired) electrons. The summed E-state index contributed by atoms with van der Waals surface area (Å²) >= 11 is 5.62. The van der Waals surface area contributed by atoms with Crippen LogP contribution in [0.15, 0.2) is 24.4 Å². The Morgan fingerprint density at radius 1 is 1.47 bits per heavy atom. The zero-order valence-electron chi connectivity index (χ0n) is 7.59. The van der Waals surface area contributed by atoms with Crippen LogP contribution in [0.2, 0.25) is 5.02 Å². The summed E-state index contributed by atoms with van der Waals surface area (Å²) < 4.78 is 12.9. The van der Waals surface area contributed by atoms with Gasteiger partial charge in [-0.25, -0.2) is 4.39 Å². The van der Waals surface area contributed by atoms with Crippen LogP contribution >= 0.6 is 11.6 Å². The largest absolute Gasteiger partial charge is 0.382 e. The fraction of sp³-hybridized carbons (Fsp3) is 0. The molecular formula is C9H8ClFN4. The van der Waals surface area contributed by atoms with E-state index in [0.717, 1.165) is 0 Å². The monoisotopic (exact) mass is 226 g/mol. The molecule has 4 nitrogen and oxygen atoms in total. The van der Waals surface area contributed by atoms with Gasteiger partial charge in [0.2, 0.25) is 0 Å². The first-order chi connectivity index (χ1) is 7.16. The molecule has 0 fully saturated rings. The number of aromatic nitrogens is 2. The Morgan fingerprint density at radius 3 is 2.87 bits per heavy atom. The molecule has 1 aromatic carbocycles. The molecule has 0 bridgehead atoms. The van der Waals surface area contributed by atoms with Crippen molar-refractivity contribution in [3.8, 4) is 0 Å². The first-order valence-electron chi connectivity index (χ1n) is 4.18. The maximum Gasteiger partial charge on any atom is 0.143 e. The van der Waals surface area contributed by atoms with Gasteiger partial charge in [0.05, 0.1) is 11.2 Å². The van der Waals surface area contributed by atoms with Crippen molar-refractivity contribution in [1.29, 1.82) is 0 Å². The lowest BCUT2D eigenvalue weighted by Crippen LogP contribution is -1.94. The van der Waals surface area contributed by atoms with Gasteiger partial charge in [-0.3, -0.25) is 5.10 Å². The summed E-state index contributed by atoms with van der Waals surface area (Å²) in [5.41, 5.74) is 6.84. The molecule has 2 rings (SSSR count). The van der Waals surface area contributed by atoms with Crippen LogP contribution in [0.5, 0.6) is 0 Å². The van der Waals surface area contributed by atoms with Gasteiger partial charge < -0.3 is 11.1 Å². The van der Waals surface area contributed by atoms with Crippen molar-refractivity contribution < 1.29 is 4.39 Å². The predicted octanol–water partition coefficient (Wildman–Crippen LogP) is 2.53. The van der Waals surface area contributed by atoms with Crippen LogP contribution in [-0.4, -0.2) is 10.2 Å². The quantitative estimate of drug-likeness (QED) is 0.737. The van der Waals surface area contributed by atoms with Crippen LogP contribution in [0.4, 0.5) is 21.6 Å². The van der Waals surface area contributed by atoms with Crippen LogP contribution in [0, 0.1) is 5.82 Å². The maximum absolute atomic E-state index is 12.9. The van der Waals surface area contributed by atoms with E-state index >= 15 is 0 Å². The van der Waals surface area contributed by atoms with Crippen molar-refractivity contribution in [3.05, 3.63) is 35.2 Å². The minimum absolute atomic E-state index is 0.0575. The van der Waals surface area contributed by atoms with Crippen molar-refractivity contribution in [2.45, 2.75) is 0 Å². The Morgan fingerprint density at radius 2 is 2.27 bits per heavy atom. The number of anilines is 3. The maximum atomic E-state index is 12.9. The molecule has 0 atom stereocenters. The third-order valence-corrected chi connectivity index (χ3v) is 2.16. The van der Waals surface area contributed by atoms with Gasteiger partial charge in [0.25, 0.3) is 0 Å². The average Bonchev–Trinajstić information content (AvgIpc) is 2.59. The Bertz CT molecular complexity index is 483. The average molecular weight is 227 g/mol. The third kappa shape index (κ3) is 2.02. The van der Waals surface area contributed by atoms with Crippen molar-refractivity contribution in [3.63, 3.8) is 0 Å². The van der Waals surface area contributed by atoms with E-state index in [1.807, 2.05) is 0 Å². The topological polar surface area (TPSA) is 66.7 Å². The number of H-pyrrole nitrogens is 1. The highest BCUT2D eigenvalue weighted by Gasteiger charge is 2.04. The van der Waals surface area contributed by atoms with E-state index in [9.17, 15) is 4.39 Å². The van der Waals surface area contributed by atoms with Gasteiger partial charge in [-0.2, -0.15) is 5.10 Å². The van der Waals surface area contributed by atoms with E-state index < -0.39 is 5.82 Å². The summed E-state index contributed by atoms with van der Waals surface area (Å²) in [7, 11) is 0. The van der Waals surface area contributed by atoms with Crippen molar-refractivity contribution in [2.24, 2.45) is 0 Å². The van der Waals surface area contributed by atoms with E-state index in [1.54, 1.807) is 6.07 Å². The molecule has 1 aromatic heterocycles. The molecular weight excluding hydrogens is 219 g/mol. The normalized spacial score (nSPS) is 10.3. The van der Waals surface area contributed by atoms with Gasteiger partial charge in [0, 0.05) is 5.69 Å². The van der Waals surface area contributed by atoms with Gasteiger partial charge in [0.15, 0.2) is 0 Å². The molecule has 0 aliphatic rings. The highest BCUT2D eigenvalue weighted by Crippen LogP contribution is 2.24. The Hall–Kier alpha value is -1.75. The van der Waals surface area contributed by atoms with E-state index in [2.05, 4.69) is 15.5 Å². The predicted molar refractivity (Wildman–Crippen MR) is 57.7 cm³/mol. The molecule has 0 spiro atoms. The lowest BCUT2D eigenvalue weighted by atomic mass is 10.3. The minimum atomic E-state index is -0.456. The summed E-state index contributed by atoms with van der Waals surface area (Å²) in [6.07, 6.45) is 1.53. The van der Waals surface area contributed by atoms with Crippen LogP contribution in [0.25, 0.3) is 0 Å². The number of rotatable bonds is 2. The number of nitrogens with two attached hydrogens (primary N) is 1. The number of halogens is 2. The van der Waals surface area contributed by atoms with Gasteiger partial charge in [-0.1, -0.05) is 11.6 Å². The molecule has 0 saturated carbocycles. The van der Waals surface area contributed by atoms with Crippen molar-refractivity contribution in [1.82, 2.24) is 10.2 Å². The number of nitrogen functional groups attached to an aromatic ring is 1. The van der Waals surface area contributed by atoms with Gasteiger partial charge in [0.1, 0.15) is 17.3 Å². The number of hydrogen-bond donors (Lipinski definition) is 3. The second kappa shape index (κ2) is 3.78. The standard InChI is InChI=1S/C9H8ClFN4/c10-6-3-5(1-2-7(6)11)14-8-4-13-15-9(8)12/h1-4,14H,(H3,12,13,15). The third-order valence-electron chi connectivity index (χ3n) is 1.87. The number of nitrogens with zero attached hydrogens (tertiary/aromatic N) is 1. The zero-order chi connectivity index (χ0) is 10.8. The van der Waals surface area contributed by atoms with Crippen molar-refractivity contribution in [2.75, 3.05) is 11.1 Å². The Balaban J connectivity index is 2.25. The fourth-order valence-electron chi connectivity index (χ4n) is 1.13. The number of aromatic amines is 1. The van der Waals surface area contributed by atoms with Gasteiger partial charge in [-0.05, 0) is 18.2 Å². The van der Waals surface area contributed by atoms with E-state index in [1.165, 1.54) is 18.3 Å². The highest BCUT2D eigenvalue weighted by atomic mass is 35.5. The lowest BCUT2D eigenvalue weighted by molar-refractivity contribution is 0.628. The Kier molecular flexibility index (Phi) is 2.47. The van der Waals surface area contributed by atoms with Crippen LogP contribution < -0.4 is 11.1 Å². The summed E-state index contributed by atoms with van der Waals surface area (Å²) in [6.45, 7) is 0. The second-order valence-corrected chi connectivity index (χ2v) is 3.36. The van der Waals surface area contributed by atoms with E-state index in [0.29, 0.717) is 17.2 Å². The highest BCUT2D eigenvalue weighted by molar-refractivity contribution is 6.31. The molecule has 0 unspecified atom stereocenters. The second-order valence-electron chi connectivity index (χ2n) is 2.95. The first-order valence-corrected chi connectivity index (χ1v) is 4.55. The van der Waals surface area contributed by atoms with Crippen LogP contribution in [0.3, 0.4) is 0 Å². The molecule has 2 aromatic rings. The van der Waals surface area contributed by atoms with Crippen LogP contribution in [0.1, 0.15) is 0 Å². The Labute approximate surface area is 90.2 Å². The molecule has 0 aliphatic heterocycles. The SMILES string of the molecule is Nc1[nH]ncc1Nc1ccc(F)c(Cl)c1. The summed E-state index contributed by atoms with van der Waals surface area (Å²) in [5.74, 6) is -0.0437. The molecule has 4 N–H and O–H groups in total. The van der Waals surface area contributed by atoms with Gasteiger partial charge in [-0.15, -0.1) is 0 Å². The van der Waals surface area contributed by atoms with Crippen molar-refractivity contribution >= 4 is 28.8 Å². The molecule has 1 heterocycles. The minimum Gasteiger partial charge on any atom is -0.382 e. The van der Waals surface area contributed by atoms with Gasteiger partial charge >= 0.3 is 0 Å². The number of nitrogens with one attached hydrogen (secondary N) is 2. The summed E-state index contributed by atoms with van der Waals surface area (Å²) in [6, 6.07) is 4.32. The molecule has 6 heteroatoms. The molecule has 0 saturated heterocycles. The smallest absolute Gasteiger partial charge is 0.143 e. The van der Waals surface area contributed by atoms with E-state index in [-0.39, 0.29) is 5.02 Å². The molecule has 0 aliphatic carbocycles. The zero-order valence-corrected chi connectivity index (χ0v) is 8.35. The summed E-state index contributed by atoms with van der Waals surface area (Å²) in [5, 5.41) is 9.32. The van der Waals surface area contributed by atoms with Crippen LogP contribution in [-0.2, 0) is 0 Å². The molecule has 0 amide bonds. The molecule has 15 heavy (non-hydrogen) atoms. The lowest BCUT2D eigenvalue weighted by Gasteiger charge is -2.05.